The van der Waals surface area contributed by atoms with E-state index in [9.17, 15) is 9.59 Å². The predicted octanol–water partition coefficient (Wildman–Crippen LogP) is 4.97. The summed E-state index contributed by atoms with van der Waals surface area (Å²) in [6, 6.07) is 17.6. The molecular weight excluding hydrogens is 384 g/mol. The molecule has 146 valence electrons. The Kier molecular flexibility index (Phi) is 5.27. The van der Waals surface area contributed by atoms with E-state index in [1.54, 1.807) is 4.57 Å². The van der Waals surface area contributed by atoms with E-state index < -0.39 is 5.97 Å². The van der Waals surface area contributed by atoms with Crippen molar-refractivity contribution in [1.29, 1.82) is 0 Å². The average Bonchev–Trinajstić information content (AvgIpc) is 3.14. The Morgan fingerprint density at radius 2 is 1.86 bits per heavy atom. The van der Waals surface area contributed by atoms with Crippen molar-refractivity contribution in [1.82, 2.24) is 9.55 Å². The minimum Gasteiger partial charge on any atom is -0.481 e. The number of aryl methyl sites for hydroxylation is 1. The quantitative estimate of drug-likeness (QED) is 0.493. The number of hydrogen-bond donors (Lipinski definition) is 1. The number of carboxylic acid groups (broad SMARTS) is 1. The number of hydrogen-bond acceptors (Lipinski definition) is 4. The number of carbonyl (C=O) groups is 1. The second-order valence-electron chi connectivity index (χ2n) is 6.95. The van der Waals surface area contributed by atoms with Crippen LogP contribution in [0.1, 0.15) is 18.4 Å². The van der Waals surface area contributed by atoms with Crippen molar-refractivity contribution >= 4 is 27.5 Å². The highest BCUT2D eigenvalue weighted by atomic mass is 32.1. The summed E-state index contributed by atoms with van der Waals surface area (Å²) in [7, 11) is 0. The summed E-state index contributed by atoms with van der Waals surface area (Å²) < 4.78 is 1.62. The zero-order valence-electron chi connectivity index (χ0n) is 16.0. The molecule has 0 aliphatic carbocycles. The predicted molar refractivity (Wildman–Crippen MR) is 116 cm³/mol. The molecule has 0 unspecified atom stereocenters. The standard InChI is InChI=1S/C23H20N2O3S/c1-15-7-5-10-17(13-15)21-24-22-20(23(28)25(21)12-6-11-19(26)27)18(14-29-22)16-8-3-2-4-9-16/h2-5,7-10,13-14H,6,11-12H2,1H3,(H,26,27). The molecule has 4 rings (SSSR count). The fraction of sp³-hybridized carbons (Fsp3) is 0.174. The number of carboxylic acids is 1. The minimum absolute atomic E-state index is 0.00686. The third-order valence-corrected chi connectivity index (χ3v) is 5.70. The summed E-state index contributed by atoms with van der Waals surface area (Å²) in [5.74, 6) is -0.289. The van der Waals surface area contributed by atoms with Gasteiger partial charge >= 0.3 is 5.97 Å². The van der Waals surface area contributed by atoms with E-state index in [1.807, 2.05) is 66.9 Å². The molecule has 0 saturated heterocycles. The number of benzene rings is 2. The maximum atomic E-state index is 13.5. The molecule has 4 aromatic rings. The average molecular weight is 404 g/mol. The highest BCUT2D eigenvalue weighted by Crippen LogP contribution is 2.32. The van der Waals surface area contributed by atoms with Crippen LogP contribution in [-0.2, 0) is 11.3 Å². The van der Waals surface area contributed by atoms with E-state index in [0.29, 0.717) is 29.0 Å². The summed E-state index contributed by atoms with van der Waals surface area (Å²) in [5.41, 5.74) is 3.64. The van der Waals surface area contributed by atoms with Gasteiger partial charge in [0.25, 0.3) is 5.56 Å². The second-order valence-corrected chi connectivity index (χ2v) is 7.81. The van der Waals surface area contributed by atoms with Gasteiger partial charge in [-0.1, -0.05) is 54.1 Å². The Morgan fingerprint density at radius 3 is 2.59 bits per heavy atom. The van der Waals surface area contributed by atoms with Crippen LogP contribution in [0.4, 0.5) is 0 Å². The largest absolute Gasteiger partial charge is 0.481 e. The lowest BCUT2D eigenvalue weighted by Crippen LogP contribution is -2.24. The normalized spacial score (nSPS) is 11.1. The van der Waals surface area contributed by atoms with Gasteiger partial charge in [0.05, 0.1) is 5.39 Å². The maximum Gasteiger partial charge on any atom is 0.303 e. The van der Waals surface area contributed by atoms with E-state index in [0.717, 1.165) is 22.3 Å². The van der Waals surface area contributed by atoms with Gasteiger partial charge in [-0.05, 0) is 25.0 Å². The van der Waals surface area contributed by atoms with E-state index in [-0.39, 0.29) is 12.0 Å². The minimum atomic E-state index is -0.871. The topological polar surface area (TPSA) is 72.2 Å². The van der Waals surface area contributed by atoms with Gasteiger partial charge < -0.3 is 5.11 Å². The second kappa shape index (κ2) is 8.01. The maximum absolute atomic E-state index is 13.5. The summed E-state index contributed by atoms with van der Waals surface area (Å²) in [4.78, 5) is 30.0. The monoisotopic (exact) mass is 404 g/mol. The van der Waals surface area contributed by atoms with Gasteiger partial charge in [0.15, 0.2) is 0 Å². The molecule has 6 heteroatoms. The van der Waals surface area contributed by atoms with Crippen LogP contribution in [0.3, 0.4) is 0 Å². The smallest absolute Gasteiger partial charge is 0.303 e. The first-order valence-electron chi connectivity index (χ1n) is 9.41. The molecule has 2 aromatic heterocycles. The van der Waals surface area contributed by atoms with Crippen LogP contribution in [0.25, 0.3) is 32.7 Å². The summed E-state index contributed by atoms with van der Waals surface area (Å²) in [5, 5.41) is 11.6. The van der Waals surface area contributed by atoms with E-state index >= 15 is 0 Å². The molecule has 0 amide bonds. The SMILES string of the molecule is Cc1cccc(-c2nc3scc(-c4ccccc4)c3c(=O)n2CCCC(=O)O)c1. The van der Waals surface area contributed by atoms with Gasteiger partial charge in [0.1, 0.15) is 10.7 Å². The fourth-order valence-electron chi connectivity index (χ4n) is 3.45. The van der Waals surface area contributed by atoms with Crippen LogP contribution >= 0.6 is 11.3 Å². The van der Waals surface area contributed by atoms with Gasteiger partial charge in [-0.25, -0.2) is 4.98 Å². The molecule has 0 bridgehead atoms. The van der Waals surface area contributed by atoms with E-state index in [1.165, 1.54) is 11.3 Å². The number of rotatable bonds is 6. The lowest BCUT2D eigenvalue weighted by Gasteiger charge is -2.13. The third-order valence-electron chi connectivity index (χ3n) is 4.83. The lowest BCUT2D eigenvalue weighted by molar-refractivity contribution is -0.137. The van der Waals surface area contributed by atoms with Crippen molar-refractivity contribution in [2.45, 2.75) is 26.3 Å². The summed E-state index contributed by atoms with van der Waals surface area (Å²) in [6.07, 6.45) is 0.374. The highest BCUT2D eigenvalue weighted by molar-refractivity contribution is 7.17. The zero-order chi connectivity index (χ0) is 20.4. The fourth-order valence-corrected chi connectivity index (χ4v) is 4.39. The van der Waals surface area contributed by atoms with Crippen molar-refractivity contribution in [3.05, 3.63) is 75.9 Å². The Bertz CT molecular complexity index is 1240. The lowest BCUT2D eigenvalue weighted by atomic mass is 10.1. The number of nitrogens with zero attached hydrogens (tertiary/aromatic N) is 2. The van der Waals surface area contributed by atoms with Crippen LogP contribution in [0, 0.1) is 6.92 Å². The number of thiophene rings is 1. The van der Waals surface area contributed by atoms with Crippen LogP contribution in [0.15, 0.2) is 64.8 Å². The first-order valence-corrected chi connectivity index (χ1v) is 10.3. The molecule has 29 heavy (non-hydrogen) atoms. The van der Waals surface area contributed by atoms with Crippen LogP contribution < -0.4 is 5.56 Å². The Labute approximate surface area is 171 Å². The van der Waals surface area contributed by atoms with Crippen molar-refractivity contribution in [2.75, 3.05) is 0 Å². The molecule has 0 fully saturated rings. The molecule has 0 aliphatic rings. The number of aliphatic carboxylic acids is 1. The Morgan fingerprint density at radius 1 is 1.10 bits per heavy atom. The van der Waals surface area contributed by atoms with Crippen LogP contribution in [0.2, 0.25) is 0 Å². The van der Waals surface area contributed by atoms with Crippen molar-refractivity contribution < 1.29 is 9.90 Å². The Balaban J connectivity index is 1.92. The Hall–Kier alpha value is -3.25. The van der Waals surface area contributed by atoms with Crippen molar-refractivity contribution in [3.63, 3.8) is 0 Å². The first kappa shape index (κ1) is 19.1. The van der Waals surface area contributed by atoms with Gasteiger partial charge in [-0.3, -0.25) is 14.2 Å². The molecular formula is C23H20N2O3S. The molecule has 0 atom stereocenters. The third kappa shape index (κ3) is 3.84. The molecule has 2 aromatic carbocycles. The molecule has 0 saturated carbocycles. The van der Waals surface area contributed by atoms with E-state index in [4.69, 9.17) is 10.1 Å². The number of fused-ring (bicyclic) bond motifs is 1. The number of aromatic nitrogens is 2. The van der Waals surface area contributed by atoms with Gasteiger partial charge in [-0.2, -0.15) is 0 Å². The molecule has 2 heterocycles. The van der Waals surface area contributed by atoms with E-state index in [2.05, 4.69) is 0 Å². The van der Waals surface area contributed by atoms with Gasteiger partial charge in [0.2, 0.25) is 0 Å². The first-order chi connectivity index (χ1) is 14.0. The van der Waals surface area contributed by atoms with Gasteiger partial charge in [0, 0.05) is 29.5 Å². The van der Waals surface area contributed by atoms with Crippen molar-refractivity contribution in [2.24, 2.45) is 0 Å². The van der Waals surface area contributed by atoms with Crippen molar-refractivity contribution in [3.8, 4) is 22.5 Å². The molecule has 1 N–H and O–H groups in total. The zero-order valence-corrected chi connectivity index (χ0v) is 16.8. The highest BCUT2D eigenvalue weighted by Gasteiger charge is 2.18. The molecule has 0 radical (unpaired) electrons. The summed E-state index contributed by atoms with van der Waals surface area (Å²) >= 11 is 1.45. The molecule has 5 nitrogen and oxygen atoms in total. The van der Waals surface area contributed by atoms with Crippen LogP contribution in [0.5, 0.6) is 0 Å². The molecule has 0 spiro atoms. The summed E-state index contributed by atoms with van der Waals surface area (Å²) in [6.45, 7) is 2.30. The van der Waals surface area contributed by atoms with Crippen LogP contribution in [-0.4, -0.2) is 20.6 Å². The molecule has 0 aliphatic heterocycles. The van der Waals surface area contributed by atoms with Gasteiger partial charge in [-0.15, -0.1) is 11.3 Å².